The molecule has 102 heavy (non-hydrogen) atoms. The van der Waals surface area contributed by atoms with Crippen molar-refractivity contribution >= 4 is 172 Å². The third kappa shape index (κ3) is 7.04. The Balaban J connectivity index is 0.761. The van der Waals surface area contributed by atoms with Crippen LogP contribution in [0.3, 0.4) is 0 Å². The van der Waals surface area contributed by atoms with Crippen molar-refractivity contribution in [3.05, 3.63) is 301 Å². The van der Waals surface area contributed by atoms with Crippen molar-refractivity contribution in [2.45, 2.75) is 58.1 Å². The molecule has 10 aliphatic heterocycles. The van der Waals surface area contributed by atoms with E-state index in [-0.39, 0.29) is 18.8 Å². The van der Waals surface area contributed by atoms with Crippen LogP contribution in [0.1, 0.15) is 49.9 Å². The van der Waals surface area contributed by atoms with Crippen molar-refractivity contribution in [1.29, 1.82) is 0 Å². The first-order chi connectivity index (χ1) is 50.1. The highest BCUT2D eigenvalue weighted by atomic mass is 32.2. The molecule has 478 valence electrons. The highest BCUT2D eigenvalue weighted by molar-refractivity contribution is 8.00. The van der Waals surface area contributed by atoms with E-state index in [9.17, 15) is 0 Å². The molecular weight excluding hydrogens is 1280 g/mol. The molecule has 0 atom stereocenters. The minimum Gasteiger partial charge on any atom is -0.453 e. The predicted octanol–water partition coefficient (Wildman–Crippen LogP) is 20.9. The van der Waals surface area contributed by atoms with Gasteiger partial charge in [-0.2, -0.15) is 0 Å². The number of hydrogen-bond donors (Lipinski definition) is 0. The molecular formula is C90H58B2N6O2S2. The molecule has 24 rings (SSSR count). The molecule has 8 nitrogen and oxygen atoms in total. The van der Waals surface area contributed by atoms with Crippen molar-refractivity contribution in [2.75, 3.05) is 29.4 Å². The average Bonchev–Trinajstić information content (AvgIpc) is 0.664. The highest BCUT2D eigenvalue weighted by Gasteiger charge is 2.53. The molecule has 0 aliphatic carbocycles. The maximum absolute atomic E-state index is 7.62. The fourth-order valence-corrected chi connectivity index (χ4v) is 21.6. The minimum absolute atomic E-state index is 0.00740. The van der Waals surface area contributed by atoms with Gasteiger partial charge in [0.05, 0.1) is 68.2 Å². The number of benzene rings is 14. The number of anilines is 18. The molecule has 0 N–H and O–H groups in total. The number of nitrogens with zero attached hydrogens (tertiary/aromatic N) is 6. The second-order valence-corrected chi connectivity index (χ2v) is 31.6. The molecule has 0 fully saturated rings. The van der Waals surface area contributed by atoms with E-state index < -0.39 is 5.41 Å². The van der Waals surface area contributed by atoms with E-state index in [0.717, 1.165) is 79.6 Å². The van der Waals surface area contributed by atoms with Gasteiger partial charge in [0.25, 0.3) is 13.4 Å². The van der Waals surface area contributed by atoms with E-state index in [0.29, 0.717) is 0 Å². The quantitative estimate of drug-likeness (QED) is 0.160. The Kier molecular flexibility index (Phi) is 10.8. The Morgan fingerprint density at radius 3 is 1.19 bits per heavy atom. The predicted molar refractivity (Wildman–Crippen MR) is 422 cm³/mol. The highest BCUT2D eigenvalue weighted by Crippen LogP contribution is 2.64. The monoisotopic (exact) mass is 1340 g/mol. The Labute approximate surface area is 600 Å². The van der Waals surface area contributed by atoms with E-state index in [2.05, 4.69) is 336 Å². The normalized spacial score (nSPS) is 15.9. The molecule has 0 amide bonds. The van der Waals surface area contributed by atoms with Gasteiger partial charge in [0.1, 0.15) is 0 Å². The van der Waals surface area contributed by atoms with Crippen LogP contribution in [-0.2, 0) is 10.8 Å². The van der Waals surface area contributed by atoms with E-state index >= 15 is 0 Å². The maximum atomic E-state index is 7.62. The van der Waals surface area contributed by atoms with Crippen LogP contribution in [0.4, 0.5) is 102 Å². The van der Waals surface area contributed by atoms with Crippen molar-refractivity contribution in [3.8, 4) is 34.1 Å². The van der Waals surface area contributed by atoms with E-state index in [1.165, 1.54) is 131 Å². The van der Waals surface area contributed by atoms with Gasteiger partial charge in [-0.25, -0.2) is 0 Å². The lowest BCUT2D eigenvalue weighted by molar-refractivity contribution is 0.477. The second-order valence-electron chi connectivity index (χ2n) is 29.5. The smallest absolute Gasteiger partial charge is 0.252 e. The van der Waals surface area contributed by atoms with Gasteiger partial charge in [0.15, 0.2) is 23.0 Å². The summed E-state index contributed by atoms with van der Waals surface area (Å²) in [5.74, 6) is 3.26. The topological polar surface area (TPSA) is 37.9 Å². The third-order valence-corrected chi connectivity index (χ3v) is 25.9. The first-order valence-electron chi connectivity index (χ1n) is 35.4. The molecule has 0 saturated heterocycles. The Hall–Kier alpha value is -11.7. The van der Waals surface area contributed by atoms with Crippen LogP contribution < -0.4 is 71.7 Å². The summed E-state index contributed by atoms with van der Waals surface area (Å²) < 4.78 is 14.4. The SMILES string of the molecule is CC1(C)c2ccccc2N2c3cc(N4c5ccccc5Oc5ccccc54)cc4c3B(c3cccc1c32)c1cc(-c2cccc3c2Oc2ccccc2N3c2cc3c5c(c2)N2c6ccccc6Sc6cccc(c62)B5c2cccc5c2N3c2ccccc2S5)cc2c1N4c1ccccc1C2(C)C. The van der Waals surface area contributed by atoms with Crippen LogP contribution in [0.5, 0.6) is 23.0 Å². The summed E-state index contributed by atoms with van der Waals surface area (Å²) in [5.41, 5.74) is 34.9. The maximum Gasteiger partial charge on any atom is 0.252 e. The summed E-state index contributed by atoms with van der Waals surface area (Å²) in [6.07, 6.45) is 0. The standard InChI is InChI=1S/C90H58B2N6O2S2/c1-89(2)55-24-5-7-30-63(55)95-71-47-52(93-65-32-9-14-38-75(65)99-76-39-15-10-33-66(76)93)48-72-83(71)92(59-27-20-26-57(89)84(59)95)62-46-51(45-58-85(62)96(72)64-31-8-6-25-56(64)90(58,3)4)54-23-19-37-70-88(54)100-77-40-16-11-34-67(77)94(70)53-49-73-82-74(50-53)98-69-36-13-18-42-79(69)102-81-44-22-29-61(87(81)98)91(82)60-28-21-43-80-86(60)97(73)68-35-12-17-41-78(68)101-80/h5-50H,1-4H3. The van der Waals surface area contributed by atoms with Crippen LogP contribution in [0.25, 0.3) is 11.1 Å². The van der Waals surface area contributed by atoms with Gasteiger partial charge in [-0.1, -0.05) is 209 Å². The van der Waals surface area contributed by atoms with Gasteiger partial charge in [-0.15, -0.1) is 0 Å². The number of hydrogen-bond acceptors (Lipinski definition) is 10. The molecule has 10 aliphatic rings. The van der Waals surface area contributed by atoms with Gasteiger partial charge in [0, 0.05) is 70.1 Å². The fraction of sp³-hybridized carbons (Fsp3) is 0.0667. The molecule has 12 heteroatoms. The summed E-state index contributed by atoms with van der Waals surface area (Å²) in [4.78, 5) is 20.4. The number of rotatable bonds is 3. The Morgan fingerprint density at radius 1 is 0.275 bits per heavy atom. The first-order valence-corrected chi connectivity index (χ1v) is 37.0. The molecule has 10 heterocycles. The summed E-state index contributed by atoms with van der Waals surface area (Å²) in [6.45, 7) is 9.54. The molecule has 0 saturated carbocycles. The molecule has 0 aromatic heterocycles. The van der Waals surface area contributed by atoms with Gasteiger partial charge in [0.2, 0.25) is 0 Å². The van der Waals surface area contributed by atoms with Gasteiger partial charge < -0.3 is 38.9 Å². The molecule has 0 unspecified atom stereocenters. The zero-order valence-electron chi connectivity index (χ0n) is 56.0. The van der Waals surface area contributed by atoms with Crippen LogP contribution in [0.2, 0.25) is 0 Å². The number of fused-ring (bicyclic) bond motifs is 20. The van der Waals surface area contributed by atoms with Crippen LogP contribution in [0, 0.1) is 0 Å². The largest absolute Gasteiger partial charge is 0.453 e. The van der Waals surface area contributed by atoms with E-state index in [1.807, 2.05) is 23.5 Å². The lowest BCUT2D eigenvalue weighted by Gasteiger charge is -2.52. The number of para-hydroxylation sites is 14. The molecule has 14 aromatic rings. The summed E-state index contributed by atoms with van der Waals surface area (Å²) in [5, 5.41) is 0. The second kappa shape index (κ2) is 19.6. The van der Waals surface area contributed by atoms with Crippen molar-refractivity contribution in [1.82, 2.24) is 0 Å². The Morgan fingerprint density at radius 2 is 0.647 bits per heavy atom. The van der Waals surface area contributed by atoms with E-state index in [1.54, 1.807) is 0 Å². The fourth-order valence-electron chi connectivity index (χ4n) is 19.4. The lowest BCUT2D eigenvalue weighted by atomic mass is 9.32. The average molecular weight is 1340 g/mol. The van der Waals surface area contributed by atoms with Gasteiger partial charge in [-0.05, 0) is 182 Å². The van der Waals surface area contributed by atoms with Crippen LogP contribution in [0.15, 0.2) is 299 Å². The minimum atomic E-state index is -0.449. The van der Waals surface area contributed by atoms with Crippen LogP contribution in [-0.4, -0.2) is 13.4 Å². The molecule has 14 aromatic carbocycles. The van der Waals surface area contributed by atoms with Crippen LogP contribution >= 0.6 is 23.5 Å². The molecule has 0 spiro atoms. The van der Waals surface area contributed by atoms with Gasteiger partial charge in [-0.3, -0.25) is 0 Å². The molecule has 0 bridgehead atoms. The third-order valence-electron chi connectivity index (χ3n) is 23.6. The van der Waals surface area contributed by atoms with Crippen molar-refractivity contribution in [3.63, 3.8) is 0 Å². The van der Waals surface area contributed by atoms with Crippen molar-refractivity contribution < 1.29 is 9.47 Å². The van der Waals surface area contributed by atoms with Gasteiger partial charge >= 0.3 is 0 Å². The summed E-state index contributed by atoms with van der Waals surface area (Å²) in [6, 6.07) is 105. The first kappa shape index (κ1) is 56.1. The zero-order valence-corrected chi connectivity index (χ0v) is 57.7. The Bertz CT molecular complexity index is 6040. The zero-order chi connectivity index (χ0) is 66.9. The van der Waals surface area contributed by atoms with E-state index in [4.69, 9.17) is 9.47 Å². The molecule has 0 radical (unpaired) electrons. The van der Waals surface area contributed by atoms with Crippen molar-refractivity contribution in [2.24, 2.45) is 0 Å². The summed E-state index contributed by atoms with van der Waals surface area (Å²) >= 11 is 3.77. The lowest BCUT2D eigenvalue weighted by Crippen LogP contribution is -2.63. The summed E-state index contributed by atoms with van der Waals surface area (Å²) in [7, 11) is 0. The number of ether oxygens (including phenoxy) is 2.